The van der Waals surface area contributed by atoms with Crippen molar-refractivity contribution in [2.75, 3.05) is 7.11 Å². The first-order valence-corrected chi connectivity index (χ1v) is 12.4. The van der Waals surface area contributed by atoms with Crippen LogP contribution in [0.1, 0.15) is 31.0 Å². The highest BCUT2D eigenvalue weighted by atomic mass is 32.1. The van der Waals surface area contributed by atoms with Crippen molar-refractivity contribution in [1.82, 2.24) is 9.55 Å². The molecule has 0 saturated heterocycles. The Bertz CT molecular complexity index is 1910. The molecule has 0 radical (unpaired) electrons. The van der Waals surface area contributed by atoms with Gasteiger partial charge in [0.2, 0.25) is 0 Å². The summed E-state index contributed by atoms with van der Waals surface area (Å²) in [5.74, 6) is 0.500. The monoisotopic (exact) mass is 493 g/mol. The molecule has 3 aromatic carbocycles. The number of allylic oxidation sites excluding steroid dienone is 2. The Morgan fingerprint density at radius 2 is 1.83 bits per heavy atom. The van der Waals surface area contributed by atoms with Crippen LogP contribution in [0.15, 0.2) is 87.9 Å². The number of aromatic nitrogens is 2. The van der Waals surface area contributed by atoms with Crippen LogP contribution in [-0.4, -0.2) is 22.4 Å². The Balaban J connectivity index is 1.68. The minimum Gasteiger partial charge on any atom is -0.496 e. The van der Waals surface area contributed by atoms with E-state index >= 15 is 0 Å². The number of aromatic amines is 1. The number of hydrogen-bond donors (Lipinski definition) is 1. The average molecular weight is 494 g/mol. The van der Waals surface area contributed by atoms with E-state index in [2.05, 4.69) is 4.98 Å². The number of ether oxygens (including phenoxy) is 1. The van der Waals surface area contributed by atoms with E-state index in [1.54, 1.807) is 11.7 Å². The van der Waals surface area contributed by atoms with Gasteiger partial charge in [-0.05, 0) is 42.8 Å². The number of carbonyl (C=O) groups excluding carboxylic acids is 1. The Hall–Kier alpha value is -4.23. The maximum absolute atomic E-state index is 14.0. The molecule has 1 atom stereocenters. The Morgan fingerprint density at radius 3 is 2.61 bits per heavy atom. The molecule has 0 spiro atoms. The first kappa shape index (κ1) is 22.2. The van der Waals surface area contributed by atoms with Gasteiger partial charge in [-0.2, -0.15) is 0 Å². The first-order chi connectivity index (χ1) is 17.5. The SMILES string of the molecule is COc1ccc2ccccc2c1[C@@H]1C(C(C)=O)=C(C)N=c2s/c(=C\c3c[nH]c4ccccc34)c(=O)n21. The fraction of sp³-hybridized carbons (Fsp3) is 0.138. The van der Waals surface area contributed by atoms with Gasteiger partial charge in [0.15, 0.2) is 10.6 Å². The molecule has 5 aromatic rings. The van der Waals surface area contributed by atoms with Crippen molar-refractivity contribution in [2.45, 2.75) is 19.9 Å². The topological polar surface area (TPSA) is 76.4 Å². The number of H-pyrrole nitrogens is 1. The number of Topliss-reactive ketones (excluding diaryl/α,β-unsaturated/α-hetero) is 1. The summed E-state index contributed by atoms with van der Waals surface area (Å²) in [4.78, 5) is 35.5. The molecule has 3 heterocycles. The molecule has 0 aliphatic carbocycles. The minimum absolute atomic E-state index is 0.123. The van der Waals surface area contributed by atoms with Crippen LogP contribution in [0.5, 0.6) is 5.75 Å². The van der Waals surface area contributed by atoms with Gasteiger partial charge >= 0.3 is 0 Å². The van der Waals surface area contributed by atoms with Crippen molar-refractivity contribution < 1.29 is 9.53 Å². The Kier molecular flexibility index (Phi) is 5.23. The van der Waals surface area contributed by atoms with E-state index in [-0.39, 0.29) is 11.3 Å². The van der Waals surface area contributed by atoms with Gasteiger partial charge in [0.05, 0.1) is 17.7 Å². The quantitative estimate of drug-likeness (QED) is 0.401. The molecule has 0 saturated carbocycles. The predicted molar refractivity (Wildman–Crippen MR) is 143 cm³/mol. The molecule has 1 N–H and O–H groups in total. The molecule has 0 amide bonds. The average Bonchev–Trinajstić information content (AvgIpc) is 3.43. The highest BCUT2D eigenvalue weighted by Gasteiger charge is 2.33. The van der Waals surface area contributed by atoms with Crippen LogP contribution < -0.4 is 19.6 Å². The van der Waals surface area contributed by atoms with E-state index in [1.807, 2.05) is 79.9 Å². The van der Waals surface area contributed by atoms with Crippen LogP contribution in [0.3, 0.4) is 0 Å². The number of para-hydroxylation sites is 1. The smallest absolute Gasteiger partial charge is 0.271 e. The third kappa shape index (κ3) is 3.35. The number of carbonyl (C=O) groups is 1. The maximum atomic E-state index is 14.0. The zero-order valence-electron chi connectivity index (χ0n) is 20.0. The summed E-state index contributed by atoms with van der Waals surface area (Å²) in [6.07, 6.45) is 3.80. The predicted octanol–water partition coefficient (Wildman–Crippen LogP) is 4.47. The molecule has 1 aliphatic rings. The van der Waals surface area contributed by atoms with Crippen LogP contribution in [0.2, 0.25) is 0 Å². The molecule has 6 nitrogen and oxygen atoms in total. The second kappa shape index (κ2) is 8.46. The summed E-state index contributed by atoms with van der Waals surface area (Å²) in [5, 5.41) is 2.98. The van der Waals surface area contributed by atoms with E-state index in [1.165, 1.54) is 18.3 Å². The summed E-state index contributed by atoms with van der Waals surface area (Å²) in [7, 11) is 1.61. The highest BCUT2D eigenvalue weighted by molar-refractivity contribution is 7.07. The largest absolute Gasteiger partial charge is 0.496 e. The van der Waals surface area contributed by atoms with Gasteiger partial charge in [-0.15, -0.1) is 0 Å². The number of methoxy groups -OCH3 is 1. The van der Waals surface area contributed by atoms with Crippen molar-refractivity contribution in [1.29, 1.82) is 0 Å². The molecule has 7 heteroatoms. The lowest BCUT2D eigenvalue weighted by atomic mass is 9.89. The summed E-state index contributed by atoms with van der Waals surface area (Å²) < 4.78 is 7.98. The third-order valence-electron chi connectivity index (χ3n) is 6.73. The lowest BCUT2D eigenvalue weighted by Crippen LogP contribution is -2.39. The molecule has 2 aromatic heterocycles. The molecular formula is C29H23N3O3S. The molecule has 6 rings (SSSR count). The fourth-order valence-electron chi connectivity index (χ4n) is 5.13. The van der Waals surface area contributed by atoms with E-state index in [0.29, 0.717) is 26.4 Å². The second-order valence-electron chi connectivity index (χ2n) is 8.83. The van der Waals surface area contributed by atoms with Crippen molar-refractivity contribution >= 4 is 44.9 Å². The van der Waals surface area contributed by atoms with Gasteiger partial charge in [0, 0.05) is 39.5 Å². The van der Waals surface area contributed by atoms with Crippen LogP contribution >= 0.6 is 11.3 Å². The molecule has 0 bridgehead atoms. The second-order valence-corrected chi connectivity index (χ2v) is 9.84. The van der Waals surface area contributed by atoms with Gasteiger partial charge < -0.3 is 9.72 Å². The van der Waals surface area contributed by atoms with Gasteiger partial charge in [-0.1, -0.05) is 59.9 Å². The van der Waals surface area contributed by atoms with Crippen LogP contribution in [0, 0.1) is 0 Å². The van der Waals surface area contributed by atoms with Crippen LogP contribution in [0.4, 0.5) is 0 Å². The van der Waals surface area contributed by atoms with Gasteiger partial charge in [-0.3, -0.25) is 14.2 Å². The highest BCUT2D eigenvalue weighted by Crippen LogP contribution is 2.40. The normalized spacial score (nSPS) is 15.9. The summed E-state index contributed by atoms with van der Waals surface area (Å²) >= 11 is 1.33. The van der Waals surface area contributed by atoms with Gasteiger partial charge in [-0.25, -0.2) is 4.99 Å². The number of hydrogen-bond acceptors (Lipinski definition) is 5. The number of nitrogens with zero attached hydrogens (tertiary/aromatic N) is 2. The lowest BCUT2D eigenvalue weighted by molar-refractivity contribution is -0.114. The maximum Gasteiger partial charge on any atom is 0.271 e. The van der Waals surface area contributed by atoms with Crippen molar-refractivity contribution in [3.63, 3.8) is 0 Å². The van der Waals surface area contributed by atoms with Gasteiger partial charge in [0.1, 0.15) is 5.75 Å². The van der Waals surface area contributed by atoms with E-state index in [9.17, 15) is 9.59 Å². The molecule has 0 fully saturated rings. The fourth-order valence-corrected chi connectivity index (χ4v) is 6.17. The van der Waals surface area contributed by atoms with Crippen molar-refractivity contribution in [3.8, 4) is 5.75 Å². The molecule has 1 aliphatic heterocycles. The summed E-state index contributed by atoms with van der Waals surface area (Å²) in [5.41, 5.74) is 3.64. The zero-order chi connectivity index (χ0) is 25.0. The number of nitrogens with one attached hydrogen (secondary N) is 1. The van der Waals surface area contributed by atoms with Gasteiger partial charge in [0.25, 0.3) is 5.56 Å². The Morgan fingerprint density at radius 1 is 1.08 bits per heavy atom. The molecule has 36 heavy (non-hydrogen) atoms. The number of benzene rings is 3. The summed E-state index contributed by atoms with van der Waals surface area (Å²) in [6.45, 7) is 3.36. The zero-order valence-corrected chi connectivity index (χ0v) is 20.8. The molecule has 178 valence electrons. The third-order valence-corrected chi connectivity index (χ3v) is 7.72. The standard InChI is InChI=1S/C29H23N3O3S/c1-16-25(17(2)33)27(26-21-10-5-4-8-18(21)12-13-23(26)35-3)32-28(34)24(36-29(32)31-16)14-19-15-30-22-11-7-6-9-20(19)22/h4-15,27,30H,1-3H3/b24-14-/t27-/m0/s1. The first-order valence-electron chi connectivity index (χ1n) is 11.6. The van der Waals surface area contributed by atoms with E-state index in [0.717, 1.165) is 32.8 Å². The van der Waals surface area contributed by atoms with Crippen LogP contribution in [0.25, 0.3) is 27.8 Å². The van der Waals surface area contributed by atoms with Crippen molar-refractivity contribution in [3.05, 3.63) is 109 Å². The number of fused-ring (bicyclic) bond motifs is 3. The molecular weight excluding hydrogens is 470 g/mol. The summed E-state index contributed by atoms with van der Waals surface area (Å²) in [6, 6.07) is 19.2. The van der Waals surface area contributed by atoms with E-state index < -0.39 is 6.04 Å². The number of ketones is 1. The lowest BCUT2D eigenvalue weighted by Gasteiger charge is -2.27. The minimum atomic E-state index is -0.648. The number of rotatable bonds is 4. The van der Waals surface area contributed by atoms with Crippen molar-refractivity contribution in [2.24, 2.45) is 4.99 Å². The van der Waals surface area contributed by atoms with E-state index in [4.69, 9.17) is 9.73 Å². The van der Waals surface area contributed by atoms with Crippen LogP contribution in [-0.2, 0) is 4.79 Å². The molecule has 0 unspecified atom stereocenters. The number of thiazole rings is 1. The Labute approximate surface area is 210 Å².